The quantitative estimate of drug-likeness (QED) is 0.0214. The highest BCUT2D eigenvalue weighted by Gasteiger charge is 2.31. The van der Waals surface area contributed by atoms with E-state index >= 15 is 0 Å². The van der Waals surface area contributed by atoms with Crippen LogP contribution in [0.4, 0.5) is 0 Å². The van der Waals surface area contributed by atoms with E-state index in [2.05, 4.69) is 62.5 Å². The van der Waals surface area contributed by atoms with Crippen molar-refractivity contribution in [1.29, 1.82) is 0 Å². The van der Waals surface area contributed by atoms with Crippen LogP contribution >= 0.6 is 0 Å². The molecule has 0 aromatic heterocycles. The maximum Gasteiger partial charge on any atom is 0.362 e. The van der Waals surface area contributed by atoms with Crippen molar-refractivity contribution in [2.45, 2.75) is 231 Å². The second-order valence-electron chi connectivity index (χ2n) is 18.1. The number of ether oxygens (including phenoxy) is 3. The van der Waals surface area contributed by atoms with Gasteiger partial charge in [0.15, 0.2) is 12.1 Å². The number of quaternary nitrogens is 1. The van der Waals surface area contributed by atoms with E-state index in [9.17, 15) is 19.5 Å². The molecule has 0 saturated carbocycles. The molecule has 354 valence electrons. The summed E-state index contributed by atoms with van der Waals surface area (Å²) in [6.45, 7) is 4.61. The number of rotatable bonds is 45. The molecule has 2 unspecified atom stereocenters. The number of esters is 2. The summed E-state index contributed by atoms with van der Waals surface area (Å²) in [6, 6.07) is -0.619. The summed E-state index contributed by atoms with van der Waals surface area (Å²) < 4.78 is 17.3. The number of hydrogen-bond donors (Lipinski definition) is 1. The van der Waals surface area contributed by atoms with Crippen LogP contribution in [0, 0.1) is 0 Å². The van der Waals surface area contributed by atoms with Gasteiger partial charge in [0.1, 0.15) is 6.61 Å². The molecule has 0 saturated heterocycles. The number of nitrogens with zero attached hydrogens (tertiary/aromatic N) is 1. The lowest BCUT2D eigenvalue weighted by Crippen LogP contribution is -2.50. The highest BCUT2D eigenvalue weighted by atomic mass is 16.6. The molecule has 0 aliphatic rings. The van der Waals surface area contributed by atoms with Crippen molar-refractivity contribution in [3.05, 3.63) is 48.6 Å². The summed E-state index contributed by atoms with van der Waals surface area (Å²) in [5, 5.41) is 9.64. The molecule has 0 aliphatic heterocycles. The minimum Gasteiger partial charge on any atom is -0.477 e. The topological polar surface area (TPSA) is 99.1 Å². The molecule has 0 aliphatic carbocycles. The Labute approximate surface area is 376 Å². The molecule has 8 heteroatoms. The Morgan fingerprint density at radius 2 is 0.934 bits per heavy atom. The number of unbranched alkanes of at least 4 members (excludes halogenated alkanes) is 25. The van der Waals surface area contributed by atoms with Gasteiger partial charge in [-0.25, -0.2) is 4.79 Å². The van der Waals surface area contributed by atoms with Crippen LogP contribution < -0.4 is 0 Å². The Balaban J connectivity index is 4.23. The number of allylic oxidation sites excluding steroid dienone is 8. The third kappa shape index (κ3) is 42.4. The number of likely N-dealkylation sites (N-methyl/N-ethyl adjacent to an activating group) is 1. The van der Waals surface area contributed by atoms with Crippen molar-refractivity contribution >= 4 is 17.9 Å². The number of carbonyl (C=O) groups excluding carboxylic acids is 2. The maximum atomic E-state index is 12.8. The zero-order valence-electron chi connectivity index (χ0n) is 40.4. The summed E-state index contributed by atoms with van der Waals surface area (Å²) in [4.78, 5) is 37.1. The molecule has 0 rings (SSSR count). The Morgan fingerprint density at radius 1 is 0.508 bits per heavy atom. The largest absolute Gasteiger partial charge is 0.477 e. The van der Waals surface area contributed by atoms with Crippen molar-refractivity contribution < 1.29 is 38.2 Å². The van der Waals surface area contributed by atoms with Gasteiger partial charge in [0.2, 0.25) is 0 Å². The van der Waals surface area contributed by atoms with Gasteiger partial charge < -0.3 is 23.8 Å². The van der Waals surface area contributed by atoms with Gasteiger partial charge in [0.25, 0.3) is 0 Å². The van der Waals surface area contributed by atoms with Crippen molar-refractivity contribution in [1.82, 2.24) is 0 Å². The van der Waals surface area contributed by atoms with Gasteiger partial charge in [-0.15, -0.1) is 0 Å². The fourth-order valence-corrected chi connectivity index (χ4v) is 7.38. The number of aliphatic carboxylic acids is 1. The van der Waals surface area contributed by atoms with Crippen LogP contribution in [0.25, 0.3) is 0 Å². The molecule has 0 aromatic carbocycles. The molecule has 0 heterocycles. The van der Waals surface area contributed by atoms with Crippen LogP contribution in [-0.2, 0) is 28.6 Å². The van der Waals surface area contributed by atoms with Gasteiger partial charge in [-0.2, -0.15) is 0 Å². The number of carboxylic acid groups (broad SMARTS) is 1. The fourth-order valence-electron chi connectivity index (χ4n) is 7.38. The van der Waals surface area contributed by atoms with Gasteiger partial charge in [0.05, 0.1) is 34.4 Å². The molecule has 2 atom stereocenters. The number of carboxylic acids is 1. The van der Waals surface area contributed by atoms with Gasteiger partial charge in [-0.05, 0) is 57.8 Å². The lowest BCUT2D eigenvalue weighted by Gasteiger charge is -2.31. The average Bonchev–Trinajstić information content (AvgIpc) is 3.22. The Kier molecular flexibility index (Phi) is 42.0. The predicted molar refractivity (Wildman–Crippen MR) is 257 cm³/mol. The lowest BCUT2D eigenvalue weighted by molar-refractivity contribution is -0.887. The maximum absolute atomic E-state index is 12.8. The average molecular weight is 859 g/mol. The zero-order valence-corrected chi connectivity index (χ0v) is 40.4. The first-order valence-corrected chi connectivity index (χ1v) is 25.2. The first-order chi connectivity index (χ1) is 29.6. The van der Waals surface area contributed by atoms with E-state index < -0.39 is 18.1 Å². The van der Waals surface area contributed by atoms with Crippen molar-refractivity contribution in [2.24, 2.45) is 0 Å². The van der Waals surface area contributed by atoms with Gasteiger partial charge >= 0.3 is 17.9 Å². The summed E-state index contributed by atoms with van der Waals surface area (Å²) >= 11 is 0. The van der Waals surface area contributed by atoms with Crippen LogP contribution in [-0.4, -0.2) is 80.6 Å². The third-order valence-corrected chi connectivity index (χ3v) is 11.3. The summed E-state index contributed by atoms with van der Waals surface area (Å²) in [5.74, 6) is -1.48. The SMILES string of the molecule is CC/C=C/C=C/C=C/CCCCCCCCCC(=O)OC(COCCC(C(=O)O)[N+](C)(C)C)COC(=O)CCCCCCCCC/C=C/CCCCCCCCCCCCC. The molecule has 0 radical (unpaired) electrons. The minimum atomic E-state index is -0.878. The second-order valence-corrected chi connectivity index (χ2v) is 18.1. The fraction of sp³-hybridized carbons (Fsp3) is 0.792. The van der Waals surface area contributed by atoms with Crippen LogP contribution in [0.15, 0.2) is 48.6 Å². The predicted octanol–water partition coefficient (Wildman–Crippen LogP) is 14.4. The van der Waals surface area contributed by atoms with Gasteiger partial charge in [0, 0.05) is 19.3 Å². The first-order valence-electron chi connectivity index (χ1n) is 25.2. The van der Waals surface area contributed by atoms with E-state index in [4.69, 9.17) is 14.2 Å². The third-order valence-electron chi connectivity index (χ3n) is 11.3. The Bertz CT molecular complexity index is 1140. The highest BCUT2D eigenvalue weighted by molar-refractivity contribution is 5.72. The smallest absolute Gasteiger partial charge is 0.362 e. The van der Waals surface area contributed by atoms with Crippen LogP contribution in [0.1, 0.15) is 219 Å². The molecule has 1 N–H and O–H groups in total. The van der Waals surface area contributed by atoms with E-state index in [-0.39, 0.29) is 36.2 Å². The molecule has 8 nitrogen and oxygen atoms in total. The summed E-state index contributed by atoms with van der Waals surface area (Å²) in [6.07, 6.45) is 53.1. The van der Waals surface area contributed by atoms with E-state index in [0.717, 1.165) is 57.8 Å². The molecular weight excluding hydrogens is 763 g/mol. The second kappa shape index (κ2) is 43.9. The molecule has 0 aromatic rings. The van der Waals surface area contributed by atoms with E-state index in [1.165, 1.54) is 128 Å². The summed E-state index contributed by atoms with van der Waals surface area (Å²) in [7, 11) is 5.53. The molecule has 61 heavy (non-hydrogen) atoms. The van der Waals surface area contributed by atoms with Gasteiger partial charge in [-0.1, -0.05) is 191 Å². The lowest BCUT2D eigenvalue weighted by atomic mass is 10.0. The molecular formula is C53H96NO7+. The zero-order chi connectivity index (χ0) is 44.9. The van der Waals surface area contributed by atoms with Crippen molar-refractivity contribution in [3.63, 3.8) is 0 Å². The van der Waals surface area contributed by atoms with Crippen LogP contribution in [0.5, 0.6) is 0 Å². The monoisotopic (exact) mass is 859 g/mol. The normalized spacial score (nSPS) is 13.3. The Morgan fingerprint density at radius 3 is 1.39 bits per heavy atom. The van der Waals surface area contributed by atoms with Crippen molar-refractivity contribution in [2.75, 3.05) is 41.0 Å². The Hall–Kier alpha value is -2.71. The van der Waals surface area contributed by atoms with E-state index in [1.54, 1.807) is 0 Å². The van der Waals surface area contributed by atoms with E-state index in [1.807, 2.05) is 21.1 Å². The van der Waals surface area contributed by atoms with Crippen LogP contribution in [0.2, 0.25) is 0 Å². The number of carbonyl (C=O) groups is 3. The summed E-state index contributed by atoms with van der Waals surface area (Å²) in [5.41, 5.74) is 0. The van der Waals surface area contributed by atoms with E-state index in [0.29, 0.717) is 19.3 Å². The number of hydrogen-bond acceptors (Lipinski definition) is 6. The molecule has 0 spiro atoms. The molecule has 0 amide bonds. The van der Waals surface area contributed by atoms with Gasteiger partial charge in [-0.3, -0.25) is 9.59 Å². The molecule has 0 fully saturated rings. The highest BCUT2D eigenvalue weighted by Crippen LogP contribution is 2.15. The molecule has 0 bridgehead atoms. The minimum absolute atomic E-state index is 0.0546. The standard InChI is InChI=1S/C53H95NO7/c1-6-8-10-12-14-16-18-20-22-23-24-25-26-27-28-30-31-33-35-37-39-41-43-51(55)60-48-49(47-59-46-45-50(53(57)58)54(3,4)5)61-52(56)44-42-40-38-36-34-32-29-21-19-17-15-13-11-9-7-2/h9,11,13,15,17,19,26-27,49-50H,6-8,10,12,14,16,18,20-25,28-48H2,1-5H3/p+1/b11-9+,15-13+,19-17+,27-26+. The van der Waals surface area contributed by atoms with Crippen molar-refractivity contribution in [3.8, 4) is 0 Å². The van der Waals surface area contributed by atoms with Crippen LogP contribution in [0.3, 0.4) is 0 Å². The first kappa shape index (κ1) is 58.3.